The molecule has 0 radical (unpaired) electrons. The van der Waals surface area contributed by atoms with Crippen LogP contribution < -0.4 is 0 Å². The third kappa shape index (κ3) is 18.9. The van der Waals surface area contributed by atoms with Crippen LogP contribution in [-0.4, -0.2) is 93.9 Å². The van der Waals surface area contributed by atoms with Gasteiger partial charge in [0.1, 0.15) is 0 Å². The molecule has 5 fully saturated rings. The van der Waals surface area contributed by atoms with Gasteiger partial charge >= 0.3 is 11.9 Å². The van der Waals surface area contributed by atoms with Crippen LogP contribution in [-0.2, 0) is 59.8 Å². The van der Waals surface area contributed by atoms with Crippen molar-refractivity contribution in [1.29, 1.82) is 0 Å². The second-order valence-corrected chi connectivity index (χ2v) is 50.8. The van der Waals surface area contributed by atoms with E-state index in [1.807, 2.05) is 83.1 Å². The lowest BCUT2D eigenvalue weighted by Gasteiger charge is -2.26. The molecule has 11 nitrogen and oxygen atoms in total. The summed E-state index contributed by atoms with van der Waals surface area (Å²) in [5.74, 6) is 5.33. The molecule has 5 heterocycles. The molecule has 23 heteroatoms. The van der Waals surface area contributed by atoms with Crippen molar-refractivity contribution in [3.8, 4) is 0 Å². The molecule has 0 N–H and O–H groups in total. The topological polar surface area (TPSA) is 158 Å². The van der Waals surface area contributed by atoms with E-state index in [-0.39, 0.29) is 42.1 Å². The molecule has 5 aliphatic rings. The Kier molecular flexibility index (Phi) is 27.8. The lowest BCUT2D eigenvalue weighted by molar-refractivity contribution is -0.147. The molecule has 0 saturated carbocycles. The van der Waals surface area contributed by atoms with E-state index in [1.165, 1.54) is 84.3 Å². The molecular weight excluding hydrogens is 1170 g/mol. The number of likely N-dealkylation sites (tertiary alicyclic amines) is 1. The first-order valence-corrected chi connectivity index (χ1v) is 44.1. The van der Waals surface area contributed by atoms with E-state index in [0.717, 1.165) is 75.3 Å². The number of amides is 2. The highest BCUT2D eigenvalue weighted by Gasteiger charge is 2.42. The summed E-state index contributed by atoms with van der Waals surface area (Å²) in [4.78, 5) is 50.3. The quantitative estimate of drug-likeness (QED) is 0.102. The number of aryl methyl sites for hydroxylation is 2. The molecule has 0 aromatic heterocycles. The van der Waals surface area contributed by atoms with Crippen LogP contribution in [0.1, 0.15) is 82.6 Å². The minimum Gasteiger partial charge on any atom is -0.466 e. The number of esters is 2. The number of carbonyl (C=O) groups is 4. The first kappa shape index (κ1) is 65.7. The predicted molar refractivity (Wildman–Crippen MR) is 331 cm³/mol. The third-order valence-corrected chi connectivity index (χ3v) is 49.0. The van der Waals surface area contributed by atoms with Gasteiger partial charge < -0.3 is 9.47 Å². The normalized spacial score (nSPS) is 20.6. The number of hydrogen-bond acceptors (Lipinski definition) is 18. The Morgan fingerprint density at radius 1 is 0.581 bits per heavy atom. The van der Waals surface area contributed by atoms with Crippen LogP contribution in [0.4, 0.5) is 0 Å². The van der Waals surface area contributed by atoms with Crippen molar-refractivity contribution in [1.82, 2.24) is 4.90 Å². The Bertz CT molecular complexity index is 2400. The van der Waals surface area contributed by atoms with Crippen molar-refractivity contribution >= 4 is 137 Å². The Morgan fingerprint density at radius 2 is 0.919 bits per heavy atom. The molecule has 2 amide bonds. The monoisotopic (exact) mass is 1240 g/mol. The van der Waals surface area contributed by atoms with E-state index < -0.39 is 34.0 Å². The fourth-order valence-corrected chi connectivity index (χ4v) is 42.6. The highest BCUT2D eigenvalue weighted by molar-refractivity contribution is 8.94. The van der Waals surface area contributed by atoms with Crippen molar-refractivity contribution in [2.45, 2.75) is 93.0 Å². The number of benzene rings is 2. The smallest absolute Gasteiger partial charge is 0.313 e. The van der Waals surface area contributed by atoms with Gasteiger partial charge in [0, 0.05) is 79.7 Å². The molecule has 5 aliphatic heterocycles. The number of ether oxygens (including phenoxy) is 2. The number of imide groups is 1. The van der Waals surface area contributed by atoms with Crippen LogP contribution in [0.5, 0.6) is 0 Å². The summed E-state index contributed by atoms with van der Waals surface area (Å²) in [6, 6.07) is 16.0. The molecule has 74 heavy (non-hydrogen) atoms. The number of allylic oxidation sites excluding steroid dienone is 1. The molecule has 410 valence electrons. The van der Waals surface area contributed by atoms with Crippen LogP contribution in [0, 0.1) is 31.6 Å². The van der Waals surface area contributed by atoms with Crippen LogP contribution in [0.3, 0.4) is 0 Å². The van der Waals surface area contributed by atoms with E-state index in [9.17, 15) is 37.4 Å². The molecule has 2 unspecified atom stereocenters. The fourth-order valence-electron chi connectivity index (χ4n) is 7.78. The lowest BCUT2D eigenvalue weighted by Crippen LogP contribution is -2.41. The molecule has 0 spiro atoms. The van der Waals surface area contributed by atoms with Gasteiger partial charge in [-0.15, -0.1) is 0 Å². The molecular formula is C51H73NO10P4S8. The minimum absolute atomic E-state index is 0.0207. The summed E-state index contributed by atoms with van der Waals surface area (Å²) in [6.07, 6.45) is 3.04. The first-order chi connectivity index (χ1) is 35.0. The lowest BCUT2D eigenvalue weighted by atomic mass is 9.98. The van der Waals surface area contributed by atoms with Crippen molar-refractivity contribution in [2.24, 2.45) is 17.8 Å². The van der Waals surface area contributed by atoms with Gasteiger partial charge in [-0.05, 0) is 70.4 Å². The highest BCUT2D eigenvalue weighted by Crippen LogP contribution is 2.81. The maximum Gasteiger partial charge on any atom is 0.313 e. The van der Waals surface area contributed by atoms with Crippen molar-refractivity contribution in [2.75, 3.05) is 59.2 Å². The SMILES string of the molecule is C=C(C(Cc1ccc(C)cc1)C(=O)OCC)P1(=O)SCCS1.C=C(C(Cc1ccc(C)cc1)C(=O)OCC)P1(=O)SCCS1.C=C(CC(=O)N1C(=O)CC[C@@H]1C(C)C)P1(=O)SCCS1.C=C(CC)P1(=O)SCCS1. The third-order valence-electron chi connectivity index (χ3n) is 12.0. The van der Waals surface area contributed by atoms with E-state index in [2.05, 4.69) is 26.3 Å². The first-order valence-electron chi connectivity index (χ1n) is 24.6. The zero-order valence-corrected chi connectivity index (χ0v) is 53.8. The fraction of sp³-hybridized carbons (Fsp3) is 0.529. The van der Waals surface area contributed by atoms with Crippen LogP contribution in [0.2, 0.25) is 0 Å². The predicted octanol–water partition coefficient (Wildman–Crippen LogP) is 17.1. The van der Waals surface area contributed by atoms with Crippen LogP contribution >= 0.6 is 113 Å². The van der Waals surface area contributed by atoms with Crippen LogP contribution in [0.25, 0.3) is 0 Å². The average Bonchev–Trinajstić information content (AvgIpc) is 4.25. The molecule has 7 rings (SSSR count). The maximum atomic E-state index is 12.9. The number of carbonyl (C=O) groups excluding carboxylic acids is 4. The van der Waals surface area contributed by atoms with Crippen molar-refractivity contribution in [3.05, 3.63) is 118 Å². The molecule has 3 atom stereocenters. The zero-order valence-electron chi connectivity index (χ0n) is 43.7. The largest absolute Gasteiger partial charge is 0.466 e. The summed E-state index contributed by atoms with van der Waals surface area (Å²) < 4.78 is 60.5. The molecule has 0 aliphatic carbocycles. The molecule has 2 aromatic carbocycles. The van der Waals surface area contributed by atoms with E-state index in [0.29, 0.717) is 48.4 Å². The Morgan fingerprint density at radius 3 is 1.24 bits per heavy atom. The van der Waals surface area contributed by atoms with Gasteiger partial charge in [0.25, 0.3) is 0 Å². The number of rotatable bonds is 18. The Labute approximate surface area is 473 Å². The molecule has 0 bridgehead atoms. The summed E-state index contributed by atoms with van der Waals surface area (Å²) >= 11 is 11.8. The Hall–Kier alpha value is -0.800. The van der Waals surface area contributed by atoms with Crippen molar-refractivity contribution < 1.29 is 46.9 Å². The maximum absolute atomic E-state index is 12.9. The second kappa shape index (κ2) is 31.3. The average molecular weight is 1240 g/mol. The molecule has 5 saturated heterocycles. The van der Waals surface area contributed by atoms with Gasteiger partial charge in [-0.2, -0.15) is 0 Å². The van der Waals surface area contributed by atoms with Gasteiger partial charge in [0.15, 0.2) is 0 Å². The van der Waals surface area contributed by atoms with Gasteiger partial charge in [0.2, 0.25) is 34.0 Å². The zero-order chi connectivity index (χ0) is 54.9. The number of hydrogen-bond donors (Lipinski definition) is 0. The van der Waals surface area contributed by atoms with Gasteiger partial charge in [-0.3, -0.25) is 42.3 Å². The number of nitrogens with zero attached hydrogens (tertiary/aromatic N) is 1. The van der Waals surface area contributed by atoms with Gasteiger partial charge in [-0.1, -0.05) is 198 Å². The van der Waals surface area contributed by atoms with E-state index in [1.54, 1.807) is 36.6 Å². The standard InChI is InChI=1S/2C16H21O3PS2.C13H20NO3PS2.C6H11OPS2/c2*1-4-19-16(17)15(11-14-7-5-12(2)6-8-14)13(3)20(18)21-9-10-22-20;1-9(2)11-4-5-12(15)14(11)13(16)8-10(3)18(17)19-6-7-20-18;1-3-6(2)8(7)9-4-5-10-8/h2*5-8,15H,3-4,9-11H2,1-2H3;9,11H,3-8H2,1-2H3;2-5H2,1H3/t;;11-;/m..1./s1. The highest BCUT2D eigenvalue weighted by atomic mass is 33.1. The van der Waals surface area contributed by atoms with E-state index >= 15 is 0 Å². The van der Waals surface area contributed by atoms with Crippen LogP contribution in [0.15, 0.2) is 96.1 Å². The second-order valence-electron chi connectivity index (χ2n) is 17.8. The summed E-state index contributed by atoms with van der Waals surface area (Å²) in [7, 11) is 0. The van der Waals surface area contributed by atoms with E-state index in [4.69, 9.17) is 9.47 Å². The van der Waals surface area contributed by atoms with Crippen molar-refractivity contribution in [3.63, 3.8) is 0 Å². The molecule has 2 aromatic rings. The minimum atomic E-state index is -2.60. The summed E-state index contributed by atoms with van der Waals surface area (Å²) in [5.41, 5.74) is -5.36. The van der Waals surface area contributed by atoms with Gasteiger partial charge in [-0.25, -0.2) is 0 Å². The Balaban J connectivity index is 0.000000220. The van der Waals surface area contributed by atoms with Gasteiger partial charge in [0.05, 0.1) is 31.5 Å². The summed E-state index contributed by atoms with van der Waals surface area (Å²) in [6.45, 7) is 30.0. The summed E-state index contributed by atoms with van der Waals surface area (Å²) in [5, 5.41) is 2.52.